The second kappa shape index (κ2) is 4.14. The van der Waals surface area contributed by atoms with Gasteiger partial charge in [0, 0.05) is 16.8 Å². The van der Waals surface area contributed by atoms with Crippen LogP contribution in [0.5, 0.6) is 5.75 Å². The van der Waals surface area contributed by atoms with E-state index in [2.05, 4.69) is 36.8 Å². The molecule has 0 spiro atoms. The third-order valence-corrected chi connectivity index (χ3v) is 3.48. The van der Waals surface area contributed by atoms with Crippen molar-refractivity contribution >= 4 is 48.5 Å². The molecule has 0 fully saturated rings. The monoisotopic (exact) mass is 343 g/mol. The summed E-state index contributed by atoms with van der Waals surface area (Å²) in [6.07, 6.45) is 0. The van der Waals surface area contributed by atoms with Crippen molar-refractivity contribution in [2.24, 2.45) is 0 Å². The van der Waals surface area contributed by atoms with E-state index in [1.165, 1.54) is 6.92 Å². The van der Waals surface area contributed by atoms with Gasteiger partial charge in [0.15, 0.2) is 11.5 Å². The van der Waals surface area contributed by atoms with E-state index < -0.39 is 0 Å². The van der Waals surface area contributed by atoms with Crippen molar-refractivity contribution in [1.29, 1.82) is 0 Å². The number of aromatic hydroxyl groups is 1. The summed E-state index contributed by atoms with van der Waals surface area (Å²) in [7, 11) is 0. The Hall–Kier alpha value is -0.940. The summed E-state index contributed by atoms with van der Waals surface area (Å²) >= 11 is 6.60. The van der Waals surface area contributed by atoms with Crippen LogP contribution < -0.4 is 0 Å². The first-order chi connectivity index (χ1) is 7.50. The Labute approximate surface area is 109 Å². The van der Waals surface area contributed by atoms with Crippen LogP contribution in [-0.4, -0.2) is 15.9 Å². The Morgan fingerprint density at radius 1 is 1.31 bits per heavy atom. The maximum Gasteiger partial charge on any atom is 0.178 e. The van der Waals surface area contributed by atoms with Crippen LogP contribution in [0.3, 0.4) is 0 Å². The predicted octanol–water partition coefficient (Wildman–Crippen LogP) is 3.67. The summed E-state index contributed by atoms with van der Waals surface area (Å²) in [5.74, 6) is -0.0845. The van der Waals surface area contributed by atoms with Crippen LogP contribution in [0.1, 0.15) is 17.4 Å². The zero-order valence-corrected chi connectivity index (χ0v) is 11.5. The van der Waals surface area contributed by atoms with E-state index in [9.17, 15) is 9.90 Å². The van der Waals surface area contributed by atoms with Crippen LogP contribution in [0.25, 0.3) is 10.9 Å². The summed E-state index contributed by atoms with van der Waals surface area (Å²) in [6.45, 7) is 1.44. The minimum Gasteiger partial charge on any atom is -0.505 e. The molecule has 5 heteroatoms. The molecule has 0 radical (unpaired) electrons. The zero-order valence-electron chi connectivity index (χ0n) is 8.29. The van der Waals surface area contributed by atoms with Crippen molar-refractivity contribution < 1.29 is 9.90 Å². The molecule has 0 saturated heterocycles. The third-order valence-electron chi connectivity index (χ3n) is 2.22. The number of phenolic OH excluding ortho intramolecular Hbond substituents is 1. The van der Waals surface area contributed by atoms with E-state index >= 15 is 0 Å². The first kappa shape index (κ1) is 11.5. The second-order valence-electron chi connectivity index (χ2n) is 3.34. The molecule has 2 rings (SSSR count). The number of rotatable bonds is 1. The number of Topliss-reactive ketones (excluding diaryl/α,β-unsaturated/α-hetero) is 1. The number of carbonyl (C=O) groups is 1. The van der Waals surface area contributed by atoms with Crippen molar-refractivity contribution in [3.05, 3.63) is 32.8 Å². The molecule has 0 bridgehead atoms. The summed E-state index contributed by atoms with van der Waals surface area (Å²) in [5, 5.41) is 10.6. The highest BCUT2D eigenvalue weighted by atomic mass is 79.9. The van der Waals surface area contributed by atoms with Crippen LogP contribution in [0.15, 0.2) is 27.1 Å². The number of phenols is 1. The fraction of sp³-hybridized carbons (Fsp3) is 0.0909. The number of carbonyl (C=O) groups excluding carboxylic acids is 1. The Morgan fingerprint density at radius 2 is 2.00 bits per heavy atom. The van der Waals surface area contributed by atoms with Crippen LogP contribution in [0.4, 0.5) is 0 Å². The van der Waals surface area contributed by atoms with Gasteiger partial charge in [0.1, 0.15) is 11.2 Å². The van der Waals surface area contributed by atoms with Gasteiger partial charge in [-0.3, -0.25) is 4.79 Å². The van der Waals surface area contributed by atoms with Gasteiger partial charge in [0.2, 0.25) is 0 Å². The molecule has 0 unspecified atom stereocenters. The number of nitrogens with zero attached hydrogens (tertiary/aromatic N) is 1. The first-order valence-corrected chi connectivity index (χ1v) is 6.08. The number of hydrogen-bond acceptors (Lipinski definition) is 3. The molecule has 1 aromatic heterocycles. The van der Waals surface area contributed by atoms with Gasteiger partial charge in [-0.25, -0.2) is 4.98 Å². The average Bonchev–Trinajstić information content (AvgIpc) is 2.25. The lowest BCUT2D eigenvalue weighted by atomic mass is 10.1. The lowest BCUT2D eigenvalue weighted by Crippen LogP contribution is -1.96. The van der Waals surface area contributed by atoms with Crippen molar-refractivity contribution in [2.75, 3.05) is 0 Å². The van der Waals surface area contributed by atoms with Crippen molar-refractivity contribution in [3.63, 3.8) is 0 Å². The maximum atomic E-state index is 11.2. The summed E-state index contributed by atoms with van der Waals surface area (Å²) < 4.78 is 1.36. The number of hydrogen-bond donors (Lipinski definition) is 1. The normalized spacial score (nSPS) is 10.7. The molecule has 0 atom stereocenters. The average molecular weight is 345 g/mol. The van der Waals surface area contributed by atoms with Crippen LogP contribution in [0, 0.1) is 0 Å². The van der Waals surface area contributed by atoms with E-state index in [-0.39, 0.29) is 11.5 Å². The molecule has 0 amide bonds. The first-order valence-electron chi connectivity index (χ1n) is 4.49. The lowest BCUT2D eigenvalue weighted by Gasteiger charge is -2.06. The smallest absolute Gasteiger partial charge is 0.178 e. The van der Waals surface area contributed by atoms with Gasteiger partial charge in [0.05, 0.1) is 4.47 Å². The highest BCUT2D eigenvalue weighted by Crippen LogP contribution is 2.36. The zero-order chi connectivity index (χ0) is 11.9. The molecular weight excluding hydrogens is 338 g/mol. The van der Waals surface area contributed by atoms with Gasteiger partial charge in [-0.2, -0.15) is 0 Å². The van der Waals surface area contributed by atoms with E-state index in [1.807, 2.05) is 0 Å². The molecule has 3 nitrogen and oxygen atoms in total. The third kappa shape index (κ3) is 1.85. The highest BCUT2D eigenvalue weighted by Gasteiger charge is 2.11. The number of fused-ring (bicyclic) bond motifs is 1. The standard InChI is InChI=1S/C11H7Br2NO2/c1-5(15)9-3-2-6-7(12)4-8(13)11(16)10(6)14-9/h2-4,16H,1H3. The second-order valence-corrected chi connectivity index (χ2v) is 5.05. The van der Waals surface area contributed by atoms with E-state index in [0.717, 1.165) is 9.86 Å². The highest BCUT2D eigenvalue weighted by molar-refractivity contribution is 9.11. The molecule has 1 N–H and O–H groups in total. The molecule has 0 aliphatic heterocycles. The lowest BCUT2D eigenvalue weighted by molar-refractivity contribution is 0.101. The molecule has 1 aromatic carbocycles. The topological polar surface area (TPSA) is 50.2 Å². The Bertz CT molecular complexity index is 596. The predicted molar refractivity (Wildman–Crippen MR) is 68.8 cm³/mol. The number of halogens is 2. The van der Waals surface area contributed by atoms with Gasteiger partial charge >= 0.3 is 0 Å². The molecular formula is C11H7Br2NO2. The van der Waals surface area contributed by atoms with Gasteiger partial charge < -0.3 is 5.11 Å². The number of aromatic nitrogens is 1. The molecule has 1 heterocycles. The van der Waals surface area contributed by atoms with Gasteiger partial charge in [-0.1, -0.05) is 15.9 Å². The molecule has 0 aliphatic carbocycles. The molecule has 82 valence electrons. The van der Waals surface area contributed by atoms with Crippen LogP contribution in [-0.2, 0) is 0 Å². The summed E-state index contributed by atoms with van der Waals surface area (Å²) in [6, 6.07) is 5.14. The van der Waals surface area contributed by atoms with Gasteiger partial charge in [0.25, 0.3) is 0 Å². The van der Waals surface area contributed by atoms with E-state index in [0.29, 0.717) is 15.7 Å². The van der Waals surface area contributed by atoms with Crippen molar-refractivity contribution in [1.82, 2.24) is 4.98 Å². The Balaban J connectivity index is 2.86. The molecule has 2 aromatic rings. The Morgan fingerprint density at radius 3 is 2.62 bits per heavy atom. The summed E-state index contributed by atoms with van der Waals surface area (Å²) in [4.78, 5) is 15.3. The molecule has 0 aliphatic rings. The number of ketones is 1. The van der Waals surface area contributed by atoms with Gasteiger partial charge in [-0.05, 0) is 34.1 Å². The van der Waals surface area contributed by atoms with E-state index in [1.54, 1.807) is 18.2 Å². The fourth-order valence-electron chi connectivity index (χ4n) is 1.40. The molecule has 16 heavy (non-hydrogen) atoms. The Kier molecular flexibility index (Phi) is 2.99. The fourth-order valence-corrected chi connectivity index (χ4v) is 2.67. The number of pyridine rings is 1. The van der Waals surface area contributed by atoms with E-state index in [4.69, 9.17) is 0 Å². The quantitative estimate of drug-likeness (QED) is 0.803. The minimum atomic E-state index is -0.127. The number of benzene rings is 1. The summed E-state index contributed by atoms with van der Waals surface area (Å²) in [5.41, 5.74) is 0.752. The maximum absolute atomic E-state index is 11.2. The SMILES string of the molecule is CC(=O)c1ccc2c(Br)cc(Br)c(O)c2n1. The largest absolute Gasteiger partial charge is 0.505 e. The minimum absolute atomic E-state index is 0.0429. The van der Waals surface area contributed by atoms with Crippen molar-refractivity contribution in [2.45, 2.75) is 6.92 Å². The van der Waals surface area contributed by atoms with Crippen molar-refractivity contribution in [3.8, 4) is 5.75 Å². The van der Waals surface area contributed by atoms with Crippen LogP contribution >= 0.6 is 31.9 Å². The van der Waals surface area contributed by atoms with Crippen LogP contribution in [0.2, 0.25) is 0 Å². The van der Waals surface area contributed by atoms with Gasteiger partial charge in [-0.15, -0.1) is 0 Å². The molecule has 0 saturated carbocycles.